The Morgan fingerprint density at radius 2 is 0.556 bits per heavy atom. The standard InChI is InChI=1S/C22H27N2O.C21H31N2.C19H29N2.2C17H25N2O.C15H21N2/c1-22(2)19-12-8-9-13-20(19)24(21(22)14-15-23(3)4)16-17-25-18-10-6-5-7-11-18;1-21(2)18-12-8-9-13-19(18)23(20(21)14-15-22(3)4)16-17-10-6-5-7-11-17;1-15(2)11-14-21-17-10-8-7-9-16(17)19(3,4)18(21)12-13-20(5)6;2*1-17(2)14-8-6-7-9-15(14)19(12-13-20-5)16(17)10-11-18(3)4;1-15(2)12-8-6-7-9-13(12)17(5)14(15)10-11-16(3)4/h5-15H,16-17H2,1-4H3;8-9,12-15,17H,5-7,10-11,16H2,1-4H3;7-10,12-13,15H,11,14H2,1-6H3;2*6-11H,12-13H2,1-5H3;6-11H,1-5H3/q6*+1. The topological polar surface area (TPSA) is 65.2 Å². The average molecular weight is 1710 g/mol. The summed E-state index contributed by atoms with van der Waals surface area (Å²) >= 11 is 0. The monoisotopic (exact) mass is 1710 g/mol. The Labute approximate surface area is 761 Å². The van der Waals surface area contributed by atoms with Gasteiger partial charge in [-0.3, -0.25) is 0 Å². The predicted molar refractivity (Wildman–Crippen MR) is 541 cm³/mol. The maximum Gasteiger partial charge on any atom is 0.164 e. The molecule has 0 amide bonds. The van der Waals surface area contributed by atoms with Gasteiger partial charge in [0.25, 0.3) is 0 Å². The van der Waals surface area contributed by atoms with Crippen LogP contribution in [-0.4, -0.2) is 223 Å². The van der Waals surface area contributed by atoms with Crippen LogP contribution in [0.2, 0.25) is 0 Å². The van der Waals surface area contributed by atoms with E-state index >= 15 is 0 Å². The second kappa shape index (κ2) is 44.3. The molecule has 6 heterocycles. The van der Waals surface area contributed by atoms with E-state index in [2.05, 4.69) is 422 Å². The van der Waals surface area contributed by atoms with Gasteiger partial charge >= 0.3 is 0 Å². The normalized spacial score (nSPS) is 18.8. The third kappa shape index (κ3) is 24.0. The van der Waals surface area contributed by atoms with Gasteiger partial charge in [-0.1, -0.05) is 244 Å². The first-order chi connectivity index (χ1) is 59.7. The van der Waals surface area contributed by atoms with Crippen LogP contribution in [-0.2, 0) is 42.0 Å². The highest BCUT2D eigenvalue weighted by Gasteiger charge is 2.46. The molecule has 15 heteroatoms. The minimum atomic E-state index is -0.0180. The second-order valence-electron chi connectivity index (χ2n) is 39.5. The molecule has 15 nitrogen and oxygen atoms in total. The van der Waals surface area contributed by atoms with E-state index in [-0.39, 0.29) is 32.5 Å². The Morgan fingerprint density at radius 1 is 0.310 bits per heavy atom. The van der Waals surface area contributed by atoms with E-state index in [0.29, 0.717) is 6.61 Å². The molecule has 0 unspecified atom stereocenters. The first kappa shape index (κ1) is 99.3. The summed E-state index contributed by atoms with van der Waals surface area (Å²) in [4.78, 5) is 14.5. The van der Waals surface area contributed by atoms with E-state index in [1.54, 1.807) is 14.2 Å². The zero-order valence-corrected chi connectivity index (χ0v) is 82.8. The fourth-order valence-corrected chi connectivity index (χ4v) is 18.6. The molecular weight excluding hydrogens is 1550 g/mol. The number of benzene rings is 7. The van der Waals surface area contributed by atoms with Crippen molar-refractivity contribution in [1.82, 2.24) is 0 Å². The third-order valence-electron chi connectivity index (χ3n) is 25.6. The lowest BCUT2D eigenvalue weighted by Crippen LogP contribution is -2.31. The molecule has 7 aliphatic rings. The Bertz CT molecular complexity index is 5090. The number of hydrogen-bond donors (Lipinski definition) is 0. The molecule has 674 valence electrons. The maximum absolute atomic E-state index is 5.94. The molecule has 7 aromatic carbocycles. The molecule has 7 aromatic rings. The third-order valence-corrected chi connectivity index (χ3v) is 25.6. The summed E-state index contributed by atoms with van der Waals surface area (Å²) < 4.78 is 29.0. The summed E-state index contributed by atoms with van der Waals surface area (Å²) in [5.74, 6) is 2.48. The van der Waals surface area contributed by atoms with Gasteiger partial charge in [-0.25, -0.2) is 27.5 Å². The number of fused-ring (bicyclic) bond motifs is 6. The minimum Gasteiger partial charge on any atom is -0.492 e. The number of hydrogen-bond acceptors (Lipinski definition) is 9. The minimum absolute atomic E-state index is 0.0180. The number of nitrogens with zero attached hydrogens (tertiary/aromatic N) is 12. The fourth-order valence-electron chi connectivity index (χ4n) is 18.6. The average Bonchev–Trinajstić information content (AvgIpc) is 1.63. The van der Waals surface area contributed by atoms with Crippen molar-refractivity contribution in [3.8, 4) is 5.75 Å². The molecule has 0 aromatic heterocycles. The number of methoxy groups -OCH3 is 2. The largest absolute Gasteiger partial charge is 0.492 e. The number of likely N-dealkylation sites (N-methyl/N-ethyl adjacent to an activating group) is 1. The molecular formula is C111H158N12O3+6. The highest BCUT2D eigenvalue weighted by atomic mass is 16.5. The van der Waals surface area contributed by atoms with Gasteiger partial charge in [0.2, 0.25) is 0 Å². The quantitative estimate of drug-likeness (QED) is 0.0517. The Balaban J connectivity index is 0.000000172. The van der Waals surface area contributed by atoms with Crippen molar-refractivity contribution in [3.05, 3.63) is 280 Å². The molecule has 0 saturated heterocycles. The lowest BCUT2D eigenvalue weighted by Gasteiger charge is -2.31. The molecule has 1 saturated carbocycles. The van der Waals surface area contributed by atoms with Crippen LogP contribution >= 0.6 is 0 Å². The summed E-state index contributed by atoms with van der Waals surface area (Å²) in [6, 6.07) is 62.4. The number of para-hydroxylation sites is 7. The van der Waals surface area contributed by atoms with Crippen LogP contribution in [0.1, 0.15) is 169 Å². The molecule has 0 radical (unpaired) electrons. The van der Waals surface area contributed by atoms with E-state index < -0.39 is 0 Å². The van der Waals surface area contributed by atoms with E-state index in [1.807, 2.05) is 72.6 Å². The zero-order chi connectivity index (χ0) is 92.1. The van der Waals surface area contributed by atoms with Crippen LogP contribution in [0.5, 0.6) is 5.75 Å². The van der Waals surface area contributed by atoms with Gasteiger partial charge < -0.3 is 43.6 Å². The number of rotatable bonds is 21. The maximum atomic E-state index is 5.94. The molecule has 0 spiro atoms. The van der Waals surface area contributed by atoms with Gasteiger partial charge in [-0.2, -0.15) is 0 Å². The summed E-state index contributed by atoms with van der Waals surface area (Å²) in [7, 11) is 30.4. The highest BCUT2D eigenvalue weighted by molar-refractivity contribution is 5.83. The SMILES string of the molecule is CC(C)CCN1C(=CC=[N+](C)C)C(C)(C)c2ccccc21.CN1C(=CC=[N+](C)C)C(C)(C)c2ccccc21.COCCN1C(=CC=[N+](C)C)C(C)(C)c2ccccc21.COCCN1C(=CC=[N+](C)C)C(C)(C)c2ccccc21.C[N+](C)=CC=C1N(CC2CCCCC2)c2ccccc2C1(C)C.C[N+](C)=CC=C1N(CCOc2ccccc2)c2ccccc2C1(C)C. The van der Waals surface area contributed by atoms with Crippen LogP contribution < -0.4 is 34.1 Å². The first-order valence-corrected chi connectivity index (χ1v) is 45.9. The molecule has 0 N–H and O–H groups in total. The Morgan fingerprint density at radius 3 is 0.849 bits per heavy atom. The van der Waals surface area contributed by atoms with Crippen LogP contribution in [0.4, 0.5) is 34.1 Å². The molecule has 1 fully saturated rings. The molecule has 126 heavy (non-hydrogen) atoms. The van der Waals surface area contributed by atoms with Crippen molar-refractivity contribution in [2.45, 2.75) is 168 Å². The van der Waals surface area contributed by atoms with E-state index in [0.717, 1.165) is 57.0 Å². The predicted octanol–water partition coefficient (Wildman–Crippen LogP) is 20.7. The molecule has 14 rings (SSSR count). The van der Waals surface area contributed by atoms with Gasteiger partial charge in [0, 0.05) is 185 Å². The lowest BCUT2D eigenvalue weighted by atomic mass is 9.83. The van der Waals surface area contributed by atoms with E-state index in [4.69, 9.17) is 14.2 Å². The van der Waals surface area contributed by atoms with Crippen molar-refractivity contribution >= 4 is 71.4 Å². The second-order valence-corrected chi connectivity index (χ2v) is 39.5. The highest BCUT2D eigenvalue weighted by Crippen LogP contribution is 2.53. The van der Waals surface area contributed by atoms with Gasteiger partial charge in [0.1, 0.15) is 96.9 Å². The van der Waals surface area contributed by atoms with Gasteiger partial charge in [-0.15, -0.1) is 0 Å². The van der Waals surface area contributed by atoms with Crippen LogP contribution in [0.15, 0.2) is 247 Å². The van der Waals surface area contributed by atoms with E-state index in [1.165, 1.54) is 147 Å². The van der Waals surface area contributed by atoms with Gasteiger partial charge in [0.15, 0.2) is 37.3 Å². The van der Waals surface area contributed by atoms with Gasteiger partial charge in [-0.05, 0) is 113 Å². The van der Waals surface area contributed by atoms with Crippen LogP contribution in [0.25, 0.3) is 0 Å². The van der Waals surface area contributed by atoms with Crippen molar-refractivity contribution in [3.63, 3.8) is 0 Å². The summed E-state index contributed by atoms with van der Waals surface area (Å²) in [6.07, 6.45) is 34.5. The van der Waals surface area contributed by atoms with Crippen LogP contribution in [0.3, 0.4) is 0 Å². The first-order valence-electron chi connectivity index (χ1n) is 45.9. The Kier molecular flexibility index (Phi) is 34.9. The van der Waals surface area contributed by atoms with Crippen molar-refractivity contribution in [2.75, 3.05) is 188 Å². The summed E-state index contributed by atoms with van der Waals surface area (Å²) in [6.45, 7) is 39.2. The molecule has 1 aliphatic carbocycles. The Hall–Kier alpha value is -10.5. The lowest BCUT2D eigenvalue weighted by molar-refractivity contribution is -0.458. The van der Waals surface area contributed by atoms with Gasteiger partial charge in [0.05, 0.1) is 19.8 Å². The number of allylic oxidation sites excluding steroid dienone is 12. The molecule has 0 atom stereocenters. The summed E-state index contributed by atoms with van der Waals surface area (Å²) in [5, 5.41) is 0. The fraction of sp³-hybridized carbons (Fsp3) is 0.459. The van der Waals surface area contributed by atoms with Crippen molar-refractivity contribution in [2.24, 2.45) is 11.8 Å². The molecule has 6 aliphatic heterocycles. The van der Waals surface area contributed by atoms with Crippen molar-refractivity contribution in [1.29, 1.82) is 0 Å². The smallest absolute Gasteiger partial charge is 0.164 e. The van der Waals surface area contributed by atoms with E-state index in [9.17, 15) is 0 Å². The number of ether oxygens (including phenoxy) is 3. The zero-order valence-electron chi connectivity index (χ0n) is 82.8. The summed E-state index contributed by atoms with van der Waals surface area (Å²) in [5.41, 5.74) is 24.8. The number of anilines is 6. The van der Waals surface area contributed by atoms with Crippen LogP contribution in [0, 0.1) is 11.8 Å². The van der Waals surface area contributed by atoms with Crippen molar-refractivity contribution < 1.29 is 41.7 Å². The molecule has 0 bridgehead atoms.